The lowest BCUT2D eigenvalue weighted by Crippen LogP contribution is -2.50. The van der Waals surface area contributed by atoms with Gasteiger partial charge in [-0.05, 0) is 38.0 Å². The molecular weight excluding hydrogens is 398 g/mol. The number of nitrogens with zero attached hydrogens (tertiary/aromatic N) is 4. The van der Waals surface area contributed by atoms with Gasteiger partial charge in [0.05, 0.1) is 23.8 Å². The largest absolute Gasteiger partial charge is 0.472 e. The van der Waals surface area contributed by atoms with Gasteiger partial charge in [0.25, 0.3) is 5.91 Å². The number of ether oxygens (including phenoxy) is 1. The molecule has 0 bridgehead atoms. The Morgan fingerprint density at radius 1 is 1.30 bits per heavy atom. The number of anilines is 1. The number of rotatable bonds is 5. The Morgan fingerprint density at radius 3 is 2.93 bits per heavy atom. The maximum atomic E-state index is 13.5. The molecule has 0 aliphatic carbocycles. The second-order valence-corrected chi connectivity index (χ2v) is 7.90. The van der Waals surface area contributed by atoms with Crippen LogP contribution in [-0.4, -0.2) is 44.4 Å². The maximum Gasteiger partial charge on any atom is 0.273 e. The molecule has 4 heterocycles. The van der Waals surface area contributed by atoms with E-state index in [2.05, 4.69) is 21.5 Å². The number of carbonyl (C=O) groups excluding carboxylic acids is 1. The molecule has 1 saturated heterocycles. The summed E-state index contributed by atoms with van der Waals surface area (Å²) >= 11 is 1.48. The third-order valence-electron chi connectivity index (χ3n) is 5.31. The van der Waals surface area contributed by atoms with Crippen LogP contribution in [0.5, 0.6) is 5.88 Å². The highest BCUT2D eigenvalue weighted by Crippen LogP contribution is 2.29. The van der Waals surface area contributed by atoms with E-state index in [0.29, 0.717) is 23.8 Å². The van der Waals surface area contributed by atoms with E-state index in [1.807, 2.05) is 30.5 Å². The van der Waals surface area contributed by atoms with Crippen LogP contribution in [0.1, 0.15) is 28.9 Å². The normalized spacial score (nSPS) is 18.8. The molecule has 7 nitrogen and oxygen atoms in total. The topological polar surface area (TPSA) is 94.2 Å². The number of thiazole rings is 1. The summed E-state index contributed by atoms with van der Waals surface area (Å²) in [6, 6.07) is 5.34. The van der Waals surface area contributed by atoms with Gasteiger partial charge in [-0.3, -0.25) is 9.78 Å². The summed E-state index contributed by atoms with van der Waals surface area (Å²) in [5.41, 5.74) is 11.0. The van der Waals surface area contributed by atoms with Crippen LogP contribution in [0.25, 0.3) is 11.3 Å². The lowest BCUT2D eigenvalue weighted by molar-refractivity contribution is 0.0415. The van der Waals surface area contributed by atoms with E-state index >= 15 is 0 Å². The molecule has 154 valence electrons. The number of aromatic nitrogens is 3. The fourth-order valence-electron chi connectivity index (χ4n) is 3.60. The van der Waals surface area contributed by atoms with E-state index in [0.717, 1.165) is 29.7 Å². The van der Waals surface area contributed by atoms with Gasteiger partial charge in [-0.15, -0.1) is 17.9 Å². The highest BCUT2D eigenvalue weighted by atomic mass is 32.1. The summed E-state index contributed by atoms with van der Waals surface area (Å²) in [6.45, 7) is 6.22. The van der Waals surface area contributed by atoms with Crippen molar-refractivity contribution in [3.8, 4) is 17.1 Å². The van der Waals surface area contributed by atoms with Crippen molar-refractivity contribution in [2.75, 3.05) is 12.3 Å². The Hall–Kier alpha value is -3.26. The summed E-state index contributed by atoms with van der Waals surface area (Å²) in [5.74, 6) is 0.347. The summed E-state index contributed by atoms with van der Waals surface area (Å²) in [6.07, 6.45) is 6.42. The van der Waals surface area contributed by atoms with Gasteiger partial charge in [0.15, 0.2) is 0 Å². The van der Waals surface area contributed by atoms with E-state index in [1.165, 1.54) is 11.3 Å². The Morgan fingerprint density at radius 2 is 2.17 bits per heavy atom. The van der Waals surface area contributed by atoms with Crippen molar-refractivity contribution in [3.63, 3.8) is 0 Å². The van der Waals surface area contributed by atoms with Gasteiger partial charge in [0, 0.05) is 34.6 Å². The zero-order chi connectivity index (χ0) is 21.1. The summed E-state index contributed by atoms with van der Waals surface area (Å²) in [5, 5.41) is 1.91. The highest BCUT2D eigenvalue weighted by molar-refractivity contribution is 7.07. The molecule has 4 rings (SSSR count). The molecular formula is C22H23N5O2S. The second-order valence-electron chi connectivity index (χ2n) is 7.18. The van der Waals surface area contributed by atoms with Crippen molar-refractivity contribution in [1.82, 2.24) is 19.9 Å². The quantitative estimate of drug-likeness (QED) is 0.631. The fraction of sp³-hybridized carbons (Fsp3) is 0.273. The van der Waals surface area contributed by atoms with Crippen LogP contribution in [0.3, 0.4) is 0 Å². The SMILES string of the molecule is C=CC1CCC(Oc2nccc(N)c2C)CN1C(=O)c1ncccc1-c1cscn1. The first-order valence-electron chi connectivity index (χ1n) is 9.73. The fourth-order valence-corrected chi connectivity index (χ4v) is 4.16. The number of nitrogens with two attached hydrogens (primary N) is 1. The standard InChI is InChI=1S/C22H23N5O2S/c1-3-15-6-7-16(29-21-14(2)18(23)8-10-25-21)11-27(15)22(28)20-17(5-4-9-24-20)19-12-30-13-26-19/h3-5,8-10,12-13,15-16H,1,6-7,11H2,2H3,(H2,23,25). The number of likely N-dealkylation sites (tertiary alicyclic amines) is 1. The van der Waals surface area contributed by atoms with Crippen LogP contribution in [0, 0.1) is 6.92 Å². The van der Waals surface area contributed by atoms with Gasteiger partial charge in [0.2, 0.25) is 5.88 Å². The van der Waals surface area contributed by atoms with E-state index in [9.17, 15) is 4.79 Å². The second kappa shape index (κ2) is 8.62. The van der Waals surface area contributed by atoms with Crippen LogP contribution < -0.4 is 10.5 Å². The van der Waals surface area contributed by atoms with Crippen molar-refractivity contribution in [2.24, 2.45) is 0 Å². The van der Waals surface area contributed by atoms with Crippen molar-refractivity contribution >= 4 is 22.9 Å². The summed E-state index contributed by atoms with van der Waals surface area (Å²) < 4.78 is 6.13. The van der Waals surface area contributed by atoms with Gasteiger partial charge in [-0.1, -0.05) is 6.08 Å². The van der Waals surface area contributed by atoms with Crippen molar-refractivity contribution < 1.29 is 9.53 Å². The van der Waals surface area contributed by atoms with Crippen molar-refractivity contribution in [3.05, 3.63) is 65.4 Å². The summed E-state index contributed by atoms with van der Waals surface area (Å²) in [7, 11) is 0. The van der Waals surface area contributed by atoms with Gasteiger partial charge in [0.1, 0.15) is 11.8 Å². The molecule has 2 N–H and O–H groups in total. The number of piperidine rings is 1. The minimum absolute atomic E-state index is 0.0856. The maximum absolute atomic E-state index is 13.5. The third-order valence-corrected chi connectivity index (χ3v) is 5.90. The third kappa shape index (κ3) is 3.91. The van der Waals surface area contributed by atoms with Crippen LogP contribution >= 0.6 is 11.3 Å². The van der Waals surface area contributed by atoms with Gasteiger partial charge in [-0.2, -0.15) is 0 Å². The molecule has 1 aliphatic rings. The molecule has 1 amide bonds. The van der Waals surface area contributed by atoms with Crippen LogP contribution in [0.15, 0.2) is 54.1 Å². The number of hydrogen-bond donors (Lipinski definition) is 1. The predicted octanol–water partition coefficient (Wildman–Crippen LogP) is 3.73. The number of carbonyl (C=O) groups is 1. The monoisotopic (exact) mass is 421 g/mol. The first-order valence-corrected chi connectivity index (χ1v) is 10.7. The van der Waals surface area contributed by atoms with Gasteiger partial charge >= 0.3 is 0 Å². The molecule has 8 heteroatoms. The molecule has 3 aromatic rings. The van der Waals surface area contributed by atoms with Crippen molar-refractivity contribution in [2.45, 2.75) is 31.9 Å². The lowest BCUT2D eigenvalue weighted by Gasteiger charge is -2.38. The minimum Gasteiger partial charge on any atom is -0.472 e. The molecule has 2 unspecified atom stereocenters. The highest BCUT2D eigenvalue weighted by Gasteiger charge is 2.33. The first-order chi connectivity index (χ1) is 14.6. The lowest BCUT2D eigenvalue weighted by atomic mass is 9.98. The summed E-state index contributed by atoms with van der Waals surface area (Å²) in [4.78, 5) is 28.3. The Labute approximate surface area is 179 Å². The van der Waals surface area contributed by atoms with Crippen molar-refractivity contribution in [1.29, 1.82) is 0 Å². The van der Waals surface area contributed by atoms with E-state index in [-0.39, 0.29) is 18.1 Å². The average Bonchev–Trinajstić information content (AvgIpc) is 3.31. The molecule has 0 spiro atoms. The zero-order valence-electron chi connectivity index (χ0n) is 16.7. The molecule has 2 atom stereocenters. The predicted molar refractivity (Wildman–Crippen MR) is 117 cm³/mol. The Balaban J connectivity index is 1.60. The van der Waals surface area contributed by atoms with Gasteiger partial charge in [-0.25, -0.2) is 9.97 Å². The molecule has 1 aliphatic heterocycles. The number of nitrogen functional groups attached to an aromatic ring is 1. The first kappa shape index (κ1) is 20.0. The number of amides is 1. The number of hydrogen-bond acceptors (Lipinski definition) is 7. The molecule has 0 saturated carbocycles. The van der Waals surface area contributed by atoms with E-state index < -0.39 is 0 Å². The van der Waals surface area contributed by atoms with Gasteiger partial charge < -0.3 is 15.4 Å². The number of pyridine rings is 2. The Kier molecular flexibility index (Phi) is 5.76. The average molecular weight is 422 g/mol. The van der Waals surface area contributed by atoms with E-state index in [1.54, 1.807) is 28.9 Å². The minimum atomic E-state index is -0.190. The van der Waals surface area contributed by atoms with Crippen LogP contribution in [0.4, 0.5) is 5.69 Å². The van der Waals surface area contributed by atoms with Crippen LogP contribution in [0.2, 0.25) is 0 Å². The molecule has 0 aromatic carbocycles. The zero-order valence-corrected chi connectivity index (χ0v) is 17.5. The molecule has 3 aromatic heterocycles. The smallest absolute Gasteiger partial charge is 0.273 e. The van der Waals surface area contributed by atoms with E-state index in [4.69, 9.17) is 10.5 Å². The van der Waals surface area contributed by atoms with Crippen LogP contribution in [-0.2, 0) is 0 Å². The Bertz CT molecular complexity index is 1050. The molecule has 30 heavy (non-hydrogen) atoms. The molecule has 1 fully saturated rings. The molecule has 0 radical (unpaired) electrons.